The molecule has 0 saturated heterocycles. The van der Waals surface area contributed by atoms with Crippen LogP contribution in [0.25, 0.3) is 0 Å². The molecule has 106 valence electrons. The van der Waals surface area contributed by atoms with E-state index in [0.29, 0.717) is 17.5 Å². The number of hydrogen-bond acceptors (Lipinski definition) is 2. The number of aromatic nitrogens is 1. The molecule has 20 heavy (non-hydrogen) atoms. The Morgan fingerprint density at radius 1 is 1.15 bits per heavy atom. The Hall–Kier alpha value is -1.88. The van der Waals surface area contributed by atoms with Crippen LogP contribution in [-0.2, 0) is 12.6 Å². The van der Waals surface area contributed by atoms with Gasteiger partial charge in [-0.25, -0.2) is 0 Å². The van der Waals surface area contributed by atoms with E-state index >= 15 is 0 Å². The first-order valence-electron chi connectivity index (χ1n) is 6.21. The van der Waals surface area contributed by atoms with E-state index in [4.69, 9.17) is 0 Å². The van der Waals surface area contributed by atoms with Gasteiger partial charge in [0, 0.05) is 12.4 Å². The largest absolute Gasteiger partial charge is 0.416 e. The third kappa shape index (κ3) is 2.99. The van der Waals surface area contributed by atoms with Crippen molar-refractivity contribution in [1.29, 1.82) is 0 Å². The number of hydrogen-bond donors (Lipinski definition) is 1. The maximum atomic E-state index is 12.5. The van der Waals surface area contributed by atoms with Crippen molar-refractivity contribution in [3.05, 3.63) is 65.0 Å². The summed E-state index contributed by atoms with van der Waals surface area (Å²) >= 11 is 0. The van der Waals surface area contributed by atoms with Crippen LogP contribution in [-0.4, -0.2) is 10.1 Å². The summed E-state index contributed by atoms with van der Waals surface area (Å²) in [5, 5.41) is 10.3. The molecular weight excluding hydrogens is 267 g/mol. The standard InChI is InChI=1S/C15H14F3NO/c1-2-10-9-19-8-7-13(10)14(20)11-3-5-12(6-4-11)15(16,17)18/h3-9,14,20H,2H2,1H3. The smallest absolute Gasteiger partial charge is 0.384 e. The number of alkyl halides is 3. The van der Waals surface area contributed by atoms with Crippen molar-refractivity contribution in [2.24, 2.45) is 0 Å². The molecule has 0 radical (unpaired) electrons. The van der Waals surface area contributed by atoms with Gasteiger partial charge >= 0.3 is 6.18 Å². The predicted octanol–water partition coefficient (Wildman–Crippen LogP) is 3.74. The van der Waals surface area contributed by atoms with Crippen molar-refractivity contribution in [3.63, 3.8) is 0 Å². The zero-order valence-electron chi connectivity index (χ0n) is 10.9. The van der Waals surface area contributed by atoms with Crippen LogP contribution in [0.4, 0.5) is 13.2 Å². The second kappa shape index (κ2) is 5.63. The van der Waals surface area contributed by atoms with Crippen LogP contribution < -0.4 is 0 Å². The fourth-order valence-electron chi connectivity index (χ4n) is 2.03. The molecule has 0 aliphatic carbocycles. The summed E-state index contributed by atoms with van der Waals surface area (Å²) in [7, 11) is 0. The van der Waals surface area contributed by atoms with Gasteiger partial charge in [0.15, 0.2) is 0 Å². The van der Waals surface area contributed by atoms with Crippen molar-refractivity contribution in [1.82, 2.24) is 4.98 Å². The average molecular weight is 281 g/mol. The van der Waals surface area contributed by atoms with E-state index in [-0.39, 0.29) is 0 Å². The molecule has 0 bridgehead atoms. The van der Waals surface area contributed by atoms with Crippen LogP contribution in [0.15, 0.2) is 42.7 Å². The number of benzene rings is 1. The SMILES string of the molecule is CCc1cnccc1C(O)c1ccc(C(F)(F)F)cc1. The van der Waals surface area contributed by atoms with Crippen LogP contribution in [0.1, 0.15) is 35.3 Å². The van der Waals surface area contributed by atoms with Gasteiger partial charge in [-0.05, 0) is 41.3 Å². The highest BCUT2D eigenvalue weighted by atomic mass is 19.4. The zero-order valence-corrected chi connectivity index (χ0v) is 10.9. The molecule has 1 unspecified atom stereocenters. The first kappa shape index (κ1) is 14.5. The lowest BCUT2D eigenvalue weighted by atomic mass is 9.96. The van der Waals surface area contributed by atoms with E-state index < -0.39 is 17.8 Å². The molecule has 2 nitrogen and oxygen atoms in total. The van der Waals surface area contributed by atoms with Crippen molar-refractivity contribution in [2.75, 3.05) is 0 Å². The summed E-state index contributed by atoms with van der Waals surface area (Å²) in [5.41, 5.74) is 1.25. The number of nitrogens with zero attached hydrogens (tertiary/aromatic N) is 1. The van der Waals surface area contributed by atoms with E-state index in [1.54, 1.807) is 18.5 Å². The lowest BCUT2D eigenvalue weighted by molar-refractivity contribution is -0.137. The van der Waals surface area contributed by atoms with Crippen LogP contribution in [0.2, 0.25) is 0 Å². The minimum atomic E-state index is -4.37. The lowest BCUT2D eigenvalue weighted by Crippen LogP contribution is -2.07. The normalized spacial score (nSPS) is 13.2. The second-order valence-electron chi connectivity index (χ2n) is 4.45. The number of aliphatic hydroxyl groups is 1. The fourth-order valence-corrected chi connectivity index (χ4v) is 2.03. The highest BCUT2D eigenvalue weighted by Crippen LogP contribution is 2.31. The van der Waals surface area contributed by atoms with Gasteiger partial charge in [0.2, 0.25) is 0 Å². The molecule has 2 aromatic rings. The first-order valence-corrected chi connectivity index (χ1v) is 6.21. The Morgan fingerprint density at radius 3 is 2.35 bits per heavy atom. The van der Waals surface area contributed by atoms with Crippen molar-refractivity contribution < 1.29 is 18.3 Å². The summed E-state index contributed by atoms with van der Waals surface area (Å²) < 4.78 is 37.5. The van der Waals surface area contributed by atoms with Crippen molar-refractivity contribution in [2.45, 2.75) is 25.6 Å². The topological polar surface area (TPSA) is 33.1 Å². The molecule has 0 fully saturated rings. The number of aryl methyl sites for hydroxylation is 1. The first-order chi connectivity index (χ1) is 9.43. The van der Waals surface area contributed by atoms with E-state index in [1.807, 2.05) is 6.92 Å². The zero-order chi connectivity index (χ0) is 14.8. The monoisotopic (exact) mass is 281 g/mol. The van der Waals surface area contributed by atoms with E-state index in [9.17, 15) is 18.3 Å². The third-order valence-corrected chi connectivity index (χ3v) is 3.17. The van der Waals surface area contributed by atoms with Crippen LogP contribution in [0, 0.1) is 0 Å². The Labute approximate surface area is 114 Å². The maximum absolute atomic E-state index is 12.5. The molecular formula is C15H14F3NO. The third-order valence-electron chi connectivity index (χ3n) is 3.17. The molecule has 5 heteroatoms. The molecule has 1 aromatic carbocycles. The van der Waals surface area contributed by atoms with Crippen molar-refractivity contribution >= 4 is 0 Å². The minimum Gasteiger partial charge on any atom is -0.384 e. The molecule has 1 heterocycles. The summed E-state index contributed by atoms with van der Waals surface area (Å²) in [5.74, 6) is 0. The number of pyridine rings is 1. The fraction of sp³-hybridized carbons (Fsp3) is 0.267. The summed E-state index contributed by atoms with van der Waals surface area (Å²) in [6.45, 7) is 1.93. The molecule has 1 N–H and O–H groups in total. The van der Waals surface area contributed by atoms with Gasteiger partial charge in [-0.15, -0.1) is 0 Å². The van der Waals surface area contributed by atoms with Gasteiger partial charge in [-0.2, -0.15) is 13.2 Å². The van der Waals surface area contributed by atoms with Crippen molar-refractivity contribution in [3.8, 4) is 0 Å². The van der Waals surface area contributed by atoms with Gasteiger partial charge in [0.05, 0.1) is 5.56 Å². The minimum absolute atomic E-state index is 0.430. The van der Waals surface area contributed by atoms with Crippen LogP contribution >= 0.6 is 0 Å². The molecule has 1 atom stereocenters. The average Bonchev–Trinajstić information content (AvgIpc) is 2.45. The molecule has 2 rings (SSSR count). The maximum Gasteiger partial charge on any atom is 0.416 e. The Bertz CT molecular complexity index is 578. The number of halogens is 3. The summed E-state index contributed by atoms with van der Waals surface area (Å²) in [6.07, 6.45) is -1.41. The van der Waals surface area contributed by atoms with Gasteiger partial charge in [-0.1, -0.05) is 19.1 Å². The van der Waals surface area contributed by atoms with E-state index in [0.717, 1.165) is 17.7 Å². The van der Waals surface area contributed by atoms with Gasteiger partial charge < -0.3 is 5.11 Å². The van der Waals surface area contributed by atoms with Gasteiger partial charge in [0.25, 0.3) is 0 Å². The predicted molar refractivity (Wildman–Crippen MR) is 69.1 cm³/mol. The van der Waals surface area contributed by atoms with Gasteiger partial charge in [0.1, 0.15) is 6.10 Å². The molecule has 0 aliphatic heterocycles. The van der Waals surface area contributed by atoms with Crippen LogP contribution in [0.5, 0.6) is 0 Å². The second-order valence-corrected chi connectivity index (χ2v) is 4.45. The molecule has 0 aliphatic rings. The molecule has 1 aromatic heterocycles. The van der Waals surface area contributed by atoms with E-state index in [1.165, 1.54) is 12.1 Å². The molecule has 0 saturated carbocycles. The summed E-state index contributed by atoms with van der Waals surface area (Å²) in [4.78, 5) is 3.98. The molecule has 0 spiro atoms. The highest BCUT2D eigenvalue weighted by Gasteiger charge is 2.30. The highest BCUT2D eigenvalue weighted by molar-refractivity contribution is 5.35. The van der Waals surface area contributed by atoms with E-state index in [2.05, 4.69) is 4.98 Å². The molecule has 0 amide bonds. The van der Waals surface area contributed by atoms with Crippen LogP contribution in [0.3, 0.4) is 0 Å². The number of aliphatic hydroxyl groups excluding tert-OH is 1. The Morgan fingerprint density at radius 2 is 1.80 bits per heavy atom. The Balaban J connectivity index is 2.32. The quantitative estimate of drug-likeness (QED) is 0.929. The Kier molecular flexibility index (Phi) is 4.09. The van der Waals surface area contributed by atoms with Gasteiger partial charge in [-0.3, -0.25) is 4.98 Å². The lowest BCUT2D eigenvalue weighted by Gasteiger charge is -2.15. The number of rotatable bonds is 3. The summed E-state index contributed by atoms with van der Waals surface area (Å²) in [6, 6.07) is 6.23.